The van der Waals surface area contributed by atoms with E-state index in [-0.39, 0.29) is 35.5 Å². The van der Waals surface area contributed by atoms with E-state index in [1.54, 1.807) is 0 Å². The molecule has 0 aliphatic heterocycles. The topological polar surface area (TPSA) is 40.1 Å². The van der Waals surface area contributed by atoms with Crippen molar-refractivity contribution in [2.75, 3.05) is 0 Å². The van der Waals surface area contributed by atoms with Crippen molar-refractivity contribution < 1.29 is 39.5 Å². The molecule has 3 heteroatoms. The first kappa shape index (κ1) is 35.4. The Hall–Kier alpha value is 0.210. The smallest absolute Gasteiger partial charge is 0.550 e. The van der Waals surface area contributed by atoms with Gasteiger partial charge in [-0.05, 0) is 44.4 Å². The van der Waals surface area contributed by atoms with Gasteiger partial charge in [0.15, 0.2) is 0 Å². The molecule has 0 bridgehead atoms. The molecule has 0 radical (unpaired) electrons. The predicted molar refractivity (Wildman–Crippen MR) is 140 cm³/mol. The average molecular weight is 473 g/mol. The van der Waals surface area contributed by atoms with Crippen LogP contribution in [-0.4, -0.2) is 5.97 Å². The van der Waals surface area contributed by atoms with Gasteiger partial charge in [0.1, 0.15) is 0 Å². The van der Waals surface area contributed by atoms with Gasteiger partial charge in [-0.2, -0.15) is 0 Å². The van der Waals surface area contributed by atoms with Crippen LogP contribution < -0.4 is 34.7 Å². The summed E-state index contributed by atoms with van der Waals surface area (Å²) in [5, 5.41) is 11.4. The monoisotopic (exact) mass is 472 g/mol. The van der Waals surface area contributed by atoms with Crippen molar-refractivity contribution in [3.8, 4) is 0 Å². The van der Waals surface area contributed by atoms with Gasteiger partial charge in [0.2, 0.25) is 0 Å². The van der Waals surface area contributed by atoms with Gasteiger partial charge in [-0.3, -0.25) is 0 Å². The van der Waals surface area contributed by atoms with E-state index in [9.17, 15) is 9.90 Å². The van der Waals surface area contributed by atoms with Gasteiger partial charge >= 0.3 is 29.6 Å². The molecule has 0 saturated heterocycles. The largest absolute Gasteiger partial charge is 1.00 e. The van der Waals surface area contributed by atoms with Crippen LogP contribution >= 0.6 is 0 Å². The van der Waals surface area contributed by atoms with E-state index in [1.165, 1.54) is 128 Å². The van der Waals surface area contributed by atoms with E-state index < -0.39 is 5.97 Å². The molecule has 0 aromatic carbocycles. The summed E-state index contributed by atoms with van der Waals surface area (Å²) in [4.78, 5) is 11.4. The van der Waals surface area contributed by atoms with Gasteiger partial charge in [0, 0.05) is 5.97 Å². The molecule has 0 rings (SSSR count). The molecule has 1 atom stereocenters. The maximum absolute atomic E-state index is 11.4. The molecular formula is C30H57NaO2. The van der Waals surface area contributed by atoms with Crippen LogP contribution in [0, 0.1) is 5.92 Å². The Kier molecular flexibility index (Phi) is 32.4. The fourth-order valence-corrected chi connectivity index (χ4v) is 4.54. The van der Waals surface area contributed by atoms with Crippen LogP contribution in [0.3, 0.4) is 0 Å². The van der Waals surface area contributed by atoms with Crippen LogP contribution in [0.15, 0.2) is 12.2 Å². The summed E-state index contributed by atoms with van der Waals surface area (Å²) in [6.07, 6.45) is 34.7. The van der Waals surface area contributed by atoms with Crippen molar-refractivity contribution >= 4 is 5.97 Å². The maximum atomic E-state index is 11.4. The van der Waals surface area contributed by atoms with E-state index >= 15 is 0 Å². The third kappa shape index (κ3) is 28.3. The predicted octanol–water partition coefficient (Wildman–Crippen LogP) is 6.31. The first-order valence-electron chi connectivity index (χ1n) is 14.6. The summed E-state index contributed by atoms with van der Waals surface area (Å²) in [6.45, 7) is 4.52. The number of aliphatic carboxylic acids is 1. The first-order valence-corrected chi connectivity index (χ1v) is 14.6. The van der Waals surface area contributed by atoms with E-state index in [4.69, 9.17) is 0 Å². The molecular weight excluding hydrogens is 415 g/mol. The molecule has 0 spiro atoms. The Balaban J connectivity index is 0. The number of carbonyl (C=O) groups is 1. The second-order valence-electron chi connectivity index (χ2n) is 10.0. The van der Waals surface area contributed by atoms with Gasteiger partial charge < -0.3 is 9.90 Å². The fraction of sp³-hybridized carbons (Fsp3) is 0.900. The molecule has 0 aliphatic rings. The van der Waals surface area contributed by atoms with Gasteiger partial charge in [0.05, 0.1) is 0 Å². The number of rotatable bonds is 26. The van der Waals surface area contributed by atoms with E-state index in [0.29, 0.717) is 0 Å². The Morgan fingerprint density at radius 1 is 0.545 bits per heavy atom. The number of carboxylic acid groups (broad SMARTS) is 1. The zero-order chi connectivity index (χ0) is 23.5. The Labute approximate surface area is 230 Å². The summed E-state index contributed by atoms with van der Waals surface area (Å²) < 4.78 is 0. The Bertz CT molecular complexity index is 408. The van der Waals surface area contributed by atoms with Crippen LogP contribution in [0.1, 0.15) is 168 Å². The van der Waals surface area contributed by atoms with Crippen LogP contribution in [0.2, 0.25) is 0 Å². The molecule has 0 aromatic rings. The van der Waals surface area contributed by atoms with E-state index in [2.05, 4.69) is 26.0 Å². The van der Waals surface area contributed by atoms with E-state index in [1.807, 2.05) is 0 Å². The van der Waals surface area contributed by atoms with Gasteiger partial charge in [-0.15, -0.1) is 0 Å². The number of unbranched alkanes of at least 4 members (excludes halogenated alkanes) is 19. The second kappa shape index (κ2) is 30.2. The summed E-state index contributed by atoms with van der Waals surface area (Å²) in [5.41, 5.74) is 0. The first-order chi connectivity index (χ1) is 15.7. The summed E-state index contributed by atoms with van der Waals surface area (Å²) in [6, 6.07) is 0. The normalized spacial score (nSPS) is 12.2. The van der Waals surface area contributed by atoms with Crippen molar-refractivity contribution in [3.05, 3.63) is 12.2 Å². The number of hydrogen-bond donors (Lipinski definition) is 0. The molecule has 0 aromatic heterocycles. The van der Waals surface area contributed by atoms with Crippen molar-refractivity contribution in [2.45, 2.75) is 168 Å². The van der Waals surface area contributed by atoms with Crippen LogP contribution in [0.25, 0.3) is 0 Å². The number of allylic oxidation sites excluding steroid dienone is 2. The van der Waals surface area contributed by atoms with Gasteiger partial charge in [-0.25, -0.2) is 0 Å². The number of carboxylic acids is 1. The molecule has 190 valence electrons. The number of carbonyl (C=O) groups excluding carboxylic acids is 1. The molecule has 0 N–H and O–H groups in total. The molecule has 0 amide bonds. The summed E-state index contributed by atoms with van der Waals surface area (Å²) >= 11 is 0. The Morgan fingerprint density at radius 2 is 0.848 bits per heavy atom. The fourth-order valence-electron chi connectivity index (χ4n) is 4.54. The SMILES string of the molecule is CCCCCCCC/C=C\CCCCCCCCC(CCCCCCCCCC)C(=O)[O-].[Na+]. The zero-order valence-electron chi connectivity index (χ0n) is 23.0. The average Bonchev–Trinajstić information content (AvgIpc) is 2.78. The second-order valence-corrected chi connectivity index (χ2v) is 10.0. The van der Waals surface area contributed by atoms with Crippen molar-refractivity contribution in [2.24, 2.45) is 5.92 Å². The summed E-state index contributed by atoms with van der Waals surface area (Å²) in [5.74, 6) is -1.03. The molecule has 0 saturated carbocycles. The molecule has 0 aliphatic carbocycles. The number of hydrogen-bond acceptors (Lipinski definition) is 2. The quantitative estimate of drug-likeness (QED) is 0.0840. The molecule has 0 heterocycles. The van der Waals surface area contributed by atoms with Crippen molar-refractivity contribution in [1.82, 2.24) is 0 Å². The standard InChI is InChI=1S/C30H58O2.Na/c1-3-5-7-9-11-13-14-15-16-17-18-19-20-22-24-26-28-29(30(31)32)27-25-23-21-12-10-8-6-4-2;/h15-16,29H,3-14,17-28H2,1-2H3,(H,31,32);/q;+1/p-1/b16-15-;. The van der Waals surface area contributed by atoms with Crippen molar-refractivity contribution in [3.63, 3.8) is 0 Å². The zero-order valence-corrected chi connectivity index (χ0v) is 25.0. The van der Waals surface area contributed by atoms with E-state index in [0.717, 1.165) is 25.7 Å². The molecule has 33 heavy (non-hydrogen) atoms. The van der Waals surface area contributed by atoms with Crippen LogP contribution in [0.5, 0.6) is 0 Å². The molecule has 2 nitrogen and oxygen atoms in total. The van der Waals surface area contributed by atoms with Gasteiger partial charge in [-0.1, -0.05) is 142 Å². The third-order valence-corrected chi connectivity index (χ3v) is 6.80. The molecule has 0 fully saturated rings. The summed E-state index contributed by atoms with van der Waals surface area (Å²) in [7, 11) is 0. The minimum absolute atomic E-state index is 0. The van der Waals surface area contributed by atoms with Crippen LogP contribution in [-0.2, 0) is 4.79 Å². The third-order valence-electron chi connectivity index (χ3n) is 6.80. The Morgan fingerprint density at radius 3 is 1.18 bits per heavy atom. The minimum atomic E-state index is -0.819. The maximum Gasteiger partial charge on any atom is 1.00 e. The molecule has 1 unspecified atom stereocenters. The van der Waals surface area contributed by atoms with Gasteiger partial charge in [0.25, 0.3) is 0 Å². The minimum Gasteiger partial charge on any atom is -0.550 e. The van der Waals surface area contributed by atoms with Crippen LogP contribution in [0.4, 0.5) is 0 Å². The van der Waals surface area contributed by atoms with Crippen molar-refractivity contribution in [1.29, 1.82) is 0 Å².